The van der Waals surface area contributed by atoms with Crippen molar-refractivity contribution >= 4 is 55.2 Å². The van der Waals surface area contributed by atoms with E-state index in [1.807, 2.05) is 34.5 Å². The van der Waals surface area contributed by atoms with Gasteiger partial charge in [0.05, 0.1) is 20.3 Å². The Labute approximate surface area is 247 Å². The fourth-order valence-corrected chi connectivity index (χ4v) is 7.48. The number of carbonyl (C=O) groups excluding carboxylic acids is 1. The van der Waals surface area contributed by atoms with E-state index in [1.165, 1.54) is 36.9 Å². The SMILES string of the molecule is COc1cc2c(cc1OC)[C@H](CCc1csc3ccccc13)N(C=O)CC2.O=C(O)CCc1csc2ccccc12. The molecule has 1 aliphatic heterocycles. The summed E-state index contributed by atoms with van der Waals surface area (Å²) >= 11 is 3.46. The highest BCUT2D eigenvalue weighted by atomic mass is 32.1. The zero-order valence-electron chi connectivity index (χ0n) is 23.2. The molecule has 0 spiro atoms. The number of hydrogen-bond acceptors (Lipinski definition) is 6. The lowest BCUT2D eigenvalue weighted by Crippen LogP contribution is -2.34. The predicted octanol–water partition coefficient (Wildman–Crippen LogP) is 7.53. The number of fused-ring (bicyclic) bond motifs is 3. The van der Waals surface area contributed by atoms with Crippen LogP contribution in [0.5, 0.6) is 11.5 Å². The maximum absolute atomic E-state index is 11.7. The van der Waals surface area contributed by atoms with Gasteiger partial charge in [-0.1, -0.05) is 36.4 Å². The molecule has 212 valence electrons. The molecule has 0 fully saturated rings. The van der Waals surface area contributed by atoms with Gasteiger partial charge < -0.3 is 19.5 Å². The van der Waals surface area contributed by atoms with E-state index in [9.17, 15) is 9.59 Å². The molecule has 8 heteroatoms. The first-order chi connectivity index (χ1) is 20.0. The Hall–Kier alpha value is -3.88. The summed E-state index contributed by atoms with van der Waals surface area (Å²) in [6.07, 6.45) is 4.48. The molecule has 6 rings (SSSR count). The maximum Gasteiger partial charge on any atom is 0.303 e. The highest BCUT2D eigenvalue weighted by Gasteiger charge is 2.28. The van der Waals surface area contributed by atoms with Crippen LogP contribution < -0.4 is 9.47 Å². The molecule has 0 bridgehead atoms. The number of carbonyl (C=O) groups is 2. The summed E-state index contributed by atoms with van der Waals surface area (Å²) < 4.78 is 13.5. The fourth-order valence-electron chi connectivity index (χ4n) is 5.48. The van der Waals surface area contributed by atoms with Crippen LogP contribution in [-0.2, 0) is 28.9 Å². The first-order valence-electron chi connectivity index (χ1n) is 13.6. The Morgan fingerprint density at radius 2 is 1.51 bits per heavy atom. The Bertz CT molecular complexity index is 1660. The average molecular weight is 588 g/mol. The molecule has 3 aromatic carbocycles. The van der Waals surface area contributed by atoms with Gasteiger partial charge in [-0.25, -0.2) is 0 Å². The highest BCUT2D eigenvalue weighted by molar-refractivity contribution is 7.17. The maximum atomic E-state index is 11.7. The first-order valence-corrected chi connectivity index (χ1v) is 15.4. The van der Waals surface area contributed by atoms with Crippen molar-refractivity contribution in [1.29, 1.82) is 0 Å². The number of rotatable bonds is 9. The number of carboxylic acid groups (broad SMARTS) is 1. The molecular weight excluding hydrogens is 554 g/mol. The van der Waals surface area contributed by atoms with Crippen LogP contribution in [0.4, 0.5) is 0 Å². The van der Waals surface area contributed by atoms with Crippen molar-refractivity contribution in [2.24, 2.45) is 0 Å². The molecule has 3 heterocycles. The van der Waals surface area contributed by atoms with Gasteiger partial charge in [0.1, 0.15) is 0 Å². The average Bonchev–Trinajstić information content (AvgIpc) is 3.62. The number of ether oxygens (including phenoxy) is 2. The summed E-state index contributed by atoms with van der Waals surface area (Å²) in [6.45, 7) is 0.737. The smallest absolute Gasteiger partial charge is 0.303 e. The Balaban J connectivity index is 0.000000202. The van der Waals surface area contributed by atoms with Crippen molar-refractivity contribution in [1.82, 2.24) is 4.90 Å². The topological polar surface area (TPSA) is 76.1 Å². The van der Waals surface area contributed by atoms with Crippen molar-refractivity contribution in [3.63, 3.8) is 0 Å². The van der Waals surface area contributed by atoms with Crippen molar-refractivity contribution < 1.29 is 24.2 Å². The summed E-state index contributed by atoms with van der Waals surface area (Å²) in [4.78, 5) is 24.1. The van der Waals surface area contributed by atoms with E-state index in [4.69, 9.17) is 14.6 Å². The number of hydrogen-bond donors (Lipinski definition) is 1. The van der Waals surface area contributed by atoms with Gasteiger partial charge in [0.15, 0.2) is 11.5 Å². The number of methoxy groups -OCH3 is 2. The Morgan fingerprint density at radius 1 is 0.927 bits per heavy atom. The minimum atomic E-state index is -0.736. The third-order valence-electron chi connectivity index (χ3n) is 7.60. The monoisotopic (exact) mass is 587 g/mol. The molecule has 0 saturated carbocycles. The van der Waals surface area contributed by atoms with Crippen molar-refractivity contribution in [3.8, 4) is 11.5 Å². The molecule has 1 N–H and O–H groups in total. The summed E-state index contributed by atoms with van der Waals surface area (Å²) in [5.41, 5.74) is 4.92. The van der Waals surface area contributed by atoms with E-state index in [-0.39, 0.29) is 12.5 Å². The Morgan fingerprint density at radius 3 is 2.10 bits per heavy atom. The van der Waals surface area contributed by atoms with E-state index in [0.717, 1.165) is 49.3 Å². The lowest BCUT2D eigenvalue weighted by atomic mass is 9.88. The lowest BCUT2D eigenvalue weighted by molar-refractivity contribution is -0.137. The van der Waals surface area contributed by atoms with Gasteiger partial charge in [0.2, 0.25) is 6.41 Å². The molecule has 0 aliphatic carbocycles. The number of carboxylic acids is 1. The standard InChI is InChI=1S/C22H23NO3S.C11H10O2S/c1-25-20-11-15-9-10-23(14-24)19(18(15)12-21(20)26-2)8-7-16-13-27-22-6-4-3-5-17(16)22;12-11(13)6-5-8-7-14-10-4-2-1-3-9(8)10/h3-6,11-14,19H,7-10H2,1-2H3;1-4,7H,5-6H2,(H,12,13)/t19-;/m0./s1. The molecule has 2 aromatic heterocycles. The molecule has 5 aromatic rings. The van der Waals surface area contributed by atoms with Gasteiger partial charge in [-0.05, 0) is 93.7 Å². The second kappa shape index (κ2) is 13.2. The number of amides is 1. The first kappa shape index (κ1) is 28.6. The molecule has 0 unspecified atom stereocenters. The third kappa shape index (κ3) is 6.39. The molecule has 1 atom stereocenters. The quantitative estimate of drug-likeness (QED) is 0.181. The fraction of sp³-hybridized carbons (Fsp3) is 0.273. The molecule has 6 nitrogen and oxygen atoms in total. The summed E-state index contributed by atoms with van der Waals surface area (Å²) in [7, 11) is 3.31. The van der Waals surface area contributed by atoms with Crippen LogP contribution in [0.1, 0.15) is 41.1 Å². The summed E-state index contributed by atoms with van der Waals surface area (Å²) in [6, 6.07) is 20.8. The lowest BCUT2D eigenvalue weighted by Gasteiger charge is -2.35. The van der Waals surface area contributed by atoms with Gasteiger partial charge in [-0.3, -0.25) is 9.59 Å². The zero-order chi connectivity index (χ0) is 28.8. The summed E-state index contributed by atoms with van der Waals surface area (Å²) in [5, 5.41) is 15.4. The number of aryl methyl sites for hydroxylation is 2. The van der Waals surface area contributed by atoms with E-state index in [0.29, 0.717) is 6.42 Å². The molecule has 0 radical (unpaired) electrons. The molecule has 41 heavy (non-hydrogen) atoms. The van der Waals surface area contributed by atoms with Crippen LogP contribution in [0.15, 0.2) is 71.4 Å². The van der Waals surface area contributed by atoms with Crippen LogP contribution in [0, 0.1) is 0 Å². The van der Waals surface area contributed by atoms with E-state index >= 15 is 0 Å². The predicted molar refractivity (Wildman–Crippen MR) is 167 cm³/mol. The van der Waals surface area contributed by atoms with E-state index in [2.05, 4.69) is 41.8 Å². The van der Waals surface area contributed by atoms with Crippen molar-refractivity contribution in [2.45, 2.75) is 38.1 Å². The van der Waals surface area contributed by atoms with Crippen LogP contribution >= 0.6 is 22.7 Å². The van der Waals surface area contributed by atoms with Gasteiger partial charge in [-0.15, -0.1) is 22.7 Å². The second-order valence-corrected chi connectivity index (χ2v) is 11.8. The zero-order valence-corrected chi connectivity index (χ0v) is 24.8. The highest BCUT2D eigenvalue weighted by Crippen LogP contribution is 2.40. The number of aliphatic carboxylic acids is 1. The normalized spacial score (nSPS) is 14.3. The summed E-state index contributed by atoms with van der Waals surface area (Å²) in [5.74, 6) is 0.730. The van der Waals surface area contributed by atoms with Crippen molar-refractivity contribution in [3.05, 3.63) is 93.7 Å². The largest absolute Gasteiger partial charge is 0.493 e. The number of benzene rings is 3. The van der Waals surface area contributed by atoms with Crippen LogP contribution in [-0.4, -0.2) is 43.2 Å². The second-order valence-electron chi connectivity index (χ2n) is 9.96. The van der Waals surface area contributed by atoms with Crippen LogP contribution in [0.3, 0.4) is 0 Å². The van der Waals surface area contributed by atoms with Gasteiger partial charge in [-0.2, -0.15) is 0 Å². The van der Waals surface area contributed by atoms with E-state index < -0.39 is 5.97 Å². The number of nitrogens with zero attached hydrogens (tertiary/aromatic N) is 1. The van der Waals surface area contributed by atoms with E-state index in [1.54, 1.807) is 36.9 Å². The number of thiophene rings is 2. The molecule has 1 amide bonds. The minimum Gasteiger partial charge on any atom is -0.493 e. The minimum absolute atomic E-state index is 0.0599. The third-order valence-corrected chi connectivity index (χ3v) is 9.62. The van der Waals surface area contributed by atoms with Crippen molar-refractivity contribution in [2.75, 3.05) is 20.8 Å². The molecule has 0 saturated heterocycles. The molecule has 1 aliphatic rings. The Kier molecular flexibility index (Phi) is 9.21. The molecular formula is C33H33NO5S2. The van der Waals surface area contributed by atoms with Gasteiger partial charge in [0.25, 0.3) is 0 Å². The van der Waals surface area contributed by atoms with Crippen LogP contribution in [0.25, 0.3) is 20.2 Å². The van der Waals surface area contributed by atoms with Gasteiger partial charge >= 0.3 is 5.97 Å². The van der Waals surface area contributed by atoms with Gasteiger partial charge in [0, 0.05) is 22.4 Å². The van der Waals surface area contributed by atoms with Crippen LogP contribution in [0.2, 0.25) is 0 Å².